The molecular formula is C25H18Cl2N2. The highest BCUT2D eigenvalue weighted by Gasteiger charge is 2.14. The van der Waals surface area contributed by atoms with Crippen LogP contribution < -0.4 is 0 Å². The highest BCUT2D eigenvalue weighted by atomic mass is 35.5. The van der Waals surface area contributed by atoms with Crippen molar-refractivity contribution >= 4 is 45.6 Å². The fraction of sp³-hybridized carbons (Fsp3) is 0.0800. The van der Waals surface area contributed by atoms with Gasteiger partial charge in [0.25, 0.3) is 0 Å². The van der Waals surface area contributed by atoms with Crippen molar-refractivity contribution in [3.05, 3.63) is 99.3 Å². The SMILES string of the molecule is Cc1cc(C=C(C#N)c2ccc3ccccc3c2)c(C)n1-c1cccc(Cl)c1Cl. The summed E-state index contributed by atoms with van der Waals surface area (Å²) in [5.74, 6) is 0. The van der Waals surface area contributed by atoms with E-state index in [1.165, 1.54) is 0 Å². The molecule has 3 aromatic carbocycles. The molecule has 1 aromatic heterocycles. The van der Waals surface area contributed by atoms with Crippen LogP contribution in [-0.2, 0) is 0 Å². The first-order chi connectivity index (χ1) is 14.0. The molecule has 0 spiro atoms. The highest BCUT2D eigenvalue weighted by Crippen LogP contribution is 2.33. The number of rotatable bonds is 3. The molecular weight excluding hydrogens is 399 g/mol. The smallest absolute Gasteiger partial charge is 0.0998 e. The third-order valence-corrected chi connectivity index (χ3v) is 5.93. The average molecular weight is 417 g/mol. The predicted octanol–water partition coefficient (Wildman–Crippen LogP) is 7.62. The fourth-order valence-electron chi connectivity index (χ4n) is 3.66. The second kappa shape index (κ2) is 7.79. The Morgan fingerprint density at radius 1 is 0.931 bits per heavy atom. The van der Waals surface area contributed by atoms with Crippen LogP contribution in [0, 0.1) is 25.2 Å². The predicted molar refractivity (Wildman–Crippen MR) is 123 cm³/mol. The number of allylic oxidation sites excluding steroid dienone is 1. The summed E-state index contributed by atoms with van der Waals surface area (Å²) in [6.45, 7) is 4.04. The molecule has 0 saturated carbocycles. The summed E-state index contributed by atoms with van der Waals surface area (Å²) in [6.07, 6.45) is 1.93. The molecule has 142 valence electrons. The molecule has 2 nitrogen and oxygen atoms in total. The van der Waals surface area contributed by atoms with E-state index in [1.54, 1.807) is 6.07 Å². The summed E-state index contributed by atoms with van der Waals surface area (Å²) in [5.41, 5.74) is 5.35. The Morgan fingerprint density at radius 2 is 1.69 bits per heavy atom. The molecule has 0 fully saturated rings. The van der Waals surface area contributed by atoms with Gasteiger partial charge in [-0.1, -0.05) is 65.7 Å². The molecule has 4 heteroatoms. The van der Waals surface area contributed by atoms with Gasteiger partial charge in [0.1, 0.15) is 0 Å². The van der Waals surface area contributed by atoms with E-state index in [2.05, 4.69) is 34.9 Å². The zero-order valence-corrected chi connectivity index (χ0v) is 17.6. The van der Waals surface area contributed by atoms with Crippen molar-refractivity contribution in [1.82, 2.24) is 4.57 Å². The number of halogens is 2. The molecule has 0 aliphatic rings. The number of fused-ring (bicyclic) bond motifs is 1. The summed E-state index contributed by atoms with van der Waals surface area (Å²) in [6, 6.07) is 24.2. The van der Waals surface area contributed by atoms with Crippen LogP contribution in [0.15, 0.2) is 66.7 Å². The van der Waals surface area contributed by atoms with E-state index in [1.807, 2.05) is 56.3 Å². The summed E-state index contributed by atoms with van der Waals surface area (Å²) < 4.78 is 2.06. The lowest BCUT2D eigenvalue weighted by atomic mass is 10.0. The van der Waals surface area contributed by atoms with Gasteiger partial charge in [0, 0.05) is 11.4 Å². The van der Waals surface area contributed by atoms with Crippen molar-refractivity contribution in [2.75, 3.05) is 0 Å². The summed E-state index contributed by atoms with van der Waals surface area (Å²) in [4.78, 5) is 0. The van der Waals surface area contributed by atoms with Gasteiger partial charge in [-0.25, -0.2) is 0 Å². The maximum atomic E-state index is 9.81. The minimum Gasteiger partial charge on any atom is -0.316 e. The number of benzene rings is 3. The Balaban J connectivity index is 1.83. The van der Waals surface area contributed by atoms with E-state index in [0.717, 1.165) is 39.0 Å². The molecule has 29 heavy (non-hydrogen) atoms. The van der Waals surface area contributed by atoms with Crippen LogP contribution >= 0.6 is 23.2 Å². The van der Waals surface area contributed by atoms with Gasteiger partial charge in [0.05, 0.1) is 27.4 Å². The summed E-state index contributed by atoms with van der Waals surface area (Å²) >= 11 is 12.7. The summed E-state index contributed by atoms with van der Waals surface area (Å²) in [7, 11) is 0. The molecule has 1 heterocycles. The number of hydrogen-bond acceptors (Lipinski definition) is 1. The number of hydrogen-bond donors (Lipinski definition) is 0. The second-order valence-electron chi connectivity index (χ2n) is 6.97. The minimum atomic E-state index is 0.515. The lowest BCUT2D eigenvalue weighted by Crippen LogP contribution is -2.00. The molecule has 4 aromatic rings. The average Bonchev–Trinajstić information content (AvgIpc) is 3.01. The molecule has 0 amide bonds. The molecule has 0 radical (unpaired) electrons. The van der Waals surface area contributed by atoms with Crippen molar-refractivity contribution in [2.45, 2.75) is 13.8 Å². The van der Waals surface area contributed by atoms with Crippen LogP contribution in [0.5, 0.6) is 0 Å². The lowest BCUT2D eigenvalue weighted by Gasteiger charge is -2.12. The number of nitriles is 1. The first kappa shape index (κ1) is 19.3. The maximum Gasteiger partial charge on any atom is 0.0998 e. The molecule has 0 aliphatic carbocycles. The standard InChI is InChI=1S/C25H18Cl2N2/c1-16-12-21(17(2)29(16)24-9-5-8-23(26)25(24)27)14-22(15-28)20-11-10-18-6-3-4-7-19(18)13-20/h3-14H,1-2H3. The third kappa shape index (κ3) is 3.56. The van der Waals surface area contributed by atoms with Crippen LogP contribution in [0.3, 0.4) is 0 Å². The van der Waals surface area contributed by atoms with Gasteiger partial charge in [-0.3, -0.25) is 0 Å². The van der Waals surface area contributed by atoms with Gasteiger partial charge in [-0.05, 0) is 66.1 Å². The van der Waals surface area contributed by atoms with E-state index in [9.17, 15) is 5.26 Å². The van der Waals surface area contributed by atoms with E-state index in [0.29, 0.717) is 15.6 Å². The van der Waals surface area contributed by atoms with Crippen LogP contribution in [0.1, 0.15) is 22.5 Å². The van der Waals surface area contributed by atoms with Gasteiger partial charge >= 0.3 is 0 Å². The molecule has 0 unspecified atom stereocenters. The number of aromatic nitrogens is 1. The summed E-state index contributed by atoms with van der Waals surface area (Å²) in [5, 5.41) is 13.1. The molecule has 0 N–H and O–H groups in total. The topological polar surface area (TPSA) is 28.7 Å². The Labute approximate surface area is 180 Å². The van der Waals surface area contributed by atoms with Crippen molar-refractivity contribution in [2.24, 2.45) is 0 Å². The number of aryl methyl sites for hydroxylation is 1. The molecule has 0 bridgehead atoms. The van der Waals surface area contributed by atoms with E-state index >= 15 is 0 Å². The largest absolute Gasteiger partial charge is 0.316 e. The Bertz CT molecular complexity index is 1310. The third-order valence-electron chi connectivity index (χ3n) is 5.12. The first-order valence-electron chi connectivity index (χ1n) is 9.24. The first-order valence-corrected chi connectivity index (χ1v) is 9.99. The maximum absolute atomic E-state index is 9.81. The van der Waals surface area contributed by atoms with E-state index in [-0.39, 0.29) is 0 Å². The fourth-order valence-corrected chi connectivity index (χ4v) is 4.04. The van der Waals surface area contributed by atoms with Gasteiger partial charge in [-0.15, -0.1) is 0 Å². The zero-order chi connectivity index (χ0) is 20.5. The van der Waals surface area contributed by atoms with Crippen LogP contribution in [-0.4, -0.2) is 4.57 Å². The Morgan fingerprint density at radius 3 is 2.45 bits per heavy atom. The molecule has 0 atom stereocenters. The van der Waals surface area contributed by atoms with Gasteiger partial charge < -0.3 is 4.57 Å². The van der Waals surface area contributed by atoms with Crippen LogP contribution in [0.4, 0.5) is 0 Å². The van der Waals surface area contributed by atoms with E-state index < -0.39 is 0 Å². The van der Waals surface area contributed by atoms with Crippen molar-refractivity contribution in [3.63, 3.8) is 0 Å². The lowest BCUT2D eigenvalue weighted by molar-refractivity contribution is 0.965. The van der Waals surface area contributed by atoms with Gasteiger partial charge in [-0.2, -0.15) is 5.26 Å². The normalized spacial score (nSPS) is 11.6. The zero-order valence-electron chi connectivity index (χ0n) is 16.1. The minimum absolute atomic E-state index is 0.515. The van der Waals surface area contributed by atoms with E-state index in [4.69, 9.17) is 23.2 Å². The Kier molecular flexibility index (Phi) is 5.20. The molecule has 0 saturated heterocycles. The van der Waals surface area contributed by atoms with Gasteiger partial charge in [0.2, 0.25) is 0 Å². The van der Waals surface area contributed by atoms with Crippen molar-refractivity contribution in [1.29, 1.82) is 5.26 Å². The van der Waals surface area contributed by atoms with Crippen molar-refractivity contribution < 1.29 is 0 Å². The Hall–Kier alpha value is -2.99. The highest BCUT2D eigenvalue weighted by molar-refractivity contribution is 6.43. The van der Waals surface area contributed by atoms with Crippen LogP contribution in [0.2, 0.25) is 10.0 Å². The second-order valence-corrected chi connectivity index (χ2v) is 7.75. The number of nitrogens with zero attached hydrogens (tertiary/aromatic N) is 2. The monoisotopic (exact) mass is 416 g/mol. The quantitative estimate of drug-likeness (QED) is 0.315. The molecule has 0 aliphatic heterocycles. The van der Waals surface area contributed by atoms with Crippen molar-refractivity contribution in [3.8, 4) is 11.8 Å². The van der Waals surface area contributed by atoms with Gasteiger partial charge in [0.15, 0.2) is 0 Å². The molecule has 4 rings (SSSR count). The van der Waals surface area contributed by atoms with Crippen LogP contribution in [0.25, 0.3) is 28.1 Å².